The van der Waals surface area contributed by atoms with Crippen molar-refractivity contribution < 1.29 is 9.53 Å². The van der Waals surface area contributed by atoms with E-state index >= 15 is 0 Å². The molecule has 0 aliphatic rings. The number of carbonyl (C=O) groups is 1. The van der Waals surface area contributed by atoms with Gasteiger partial charge >= 0.3 is 5.97 Å². The number of hydrogen-bond donors (Lipinski definition) is 1. The normalized spacial score (nSPS) is 12.2. The van der Waals surface area contributed by atoms with Crippen LogP contribution in [0.25, 0.3) is 0 Å². The Kier molecular flexibility index (Phi) is 3.85. The monoisotopic (exact) mass is 214 g/mol. The fourth-order valence-corrected chi connectivity index (χ4v) is 1.23. The molecule has 1 atom stereocenters. The Morgan fingerprint density at radius 1 is 1.79 bits per heavy atom. The number of nitrogens with zero attached hydrogens (tertiary/aromatic N) is 1. The number of esters is 1. The molecule has 0 fully saturated rings. The van der Waals surface area contributed by atoms with E-state index in [1.54, 1.807) is 13.0 Å². The van der Waals surface area contributed by atoms with Crippen LogP contribution in [0.4, 0.5) is 0 Å². The van der Waals surface area contributed by atoms with Gasteiger partial charge in [-0.05, 0) is 13.0 Å². The second-order valence-electron chi connectivity index (χ2n) is 2.63. The number of pyridine rings is 1. The SMILES string of the molecule is CCOC(=O)C(N)c1ccncc1Cl. The minimum Gasteiger partial charge on any atom is -0.465 e. The highest BCUT2D eigenvalue weighted by molar-refractivity contribution is 6.31. The predicted molar refractivity (Wildman–Crippen MR) is 52.8 cm³/mol. The Morgan fingerprint density at radius 2 is 2.50 bits per heavy atom. The zero-order valence-electron chi connectivity index (χ0n) is 7.74. The molecule has 0 bridgehead atoms. The smallest absolute Gasteiger partial charge is 0.327 e. The summed E-state index contributed by atoms with van der Waals surface area (Å²) in [5.41, 5.74) is 6.17. The highest BCUT2D eigenvalue weighted by atomic mass is 35.5. The van der Waals surface area contributed by atoms with E-state index in [2.05, 4.69) is 4.98 Å². The molecule has 4 nitrogen and oxygen atoms in total. The van der Waals surface area contributed by atoms with Crippen molar-refractivity contribution in [3.8, 4) is 0 Å². The van der Waals surface area contributed by atoms with Crippen LogP contribution in [-0.4, -0.2) is 17.6 Å². The first-order chi connectivity index (χ1) is 6.66. The van der Waals surface area contributed by atoms with Crippen LogP contribution in [0, 0.1) is 0 Å². The summed E-state index contributed by atoms with van der Waals surface area (Å²) in [5.74, 6) is -0.486. The Labute approximate surface area is 87.0 Å². The van der Waals surface area contributed by atoms with Gasteiger partial charge in [0.2, 0.25) is 0 Å². The van der Waals surface area contributed by atoms with Crippen LogP contribution in [0.5, 0.6) is 0 Å². The summed E-state index contributed by atoms with van der Waals surface area (Å²) in [6.07, 6.45) is 2.97. The van der Waals surface area contributed by atoms with Gasteiger partial charge in [0.15, 0.2) is 0 Å². The lowest BCUT2D eigenvalue weighted by Crippen LogP contribution is -2.24. The molecule has 0 amide bonds. The molecule has 0 spiro atoms. The second kappa shape index (κ2) is 4.93. The van der Waals surface area contributed by atoms with E-state index in [4.69, 9.17) is 22.1 Å². The molecule has 1 heterocycles. The highest BCUT2D eigenvalue weighted by Gasteiger charge is 2.19. The molecule has 1 rings (SSSR count). The summed E-state index contributed by atoms with van der Waals surface area (Å²) in [5, 5.41) is 0.369. The van der Waals surface area contributed by atoms with E-state index in [9.17, 15) is 4.79 Å². The predicted octanol–water partition coefficient (Wildman–Crippen LogP) is 1.30. The Morgan fingerprint density at radius 3 is 3.07 bits per heavy atom. The number of nitrogens with two attached hydrogens (primary N) is 1. The molecular formula is C9H11ClN2O2. The van der Waals surface area contributed by atoms with Gasteiger partial charge in [0, 0.05) is 18.0 Å². The largest absolute Gasteiger partial charge is 0.465 e. The summed E-state index contributed by atoms with van der Waals surface area (Å²) in [6.45, 7) is 2.02. The van der Waals surface area contributed by atoms with E-state index < -0.39 is 12.0 Å². The fourth-order valence-electron chi connectivity index (χ4n) is 0.997. The quantitative estimate of drug-likeness (QED) is 0.771. The third kappa shape index (κ3) is 2.43. The van der Waals surface area contributed by atoms with Crippen molar-refractivity contribution in [3.05, 3.63) is 29.0 Å². The molecule has 1 unspecified atom stereocenters. The average molecular weight is 215 g/mol. The van der Waals surface area contributed by atoms with Gasteiger partial charge in [-0.15, -0.1) is 0 Å². The molecule has 0 radical (unpaired) electrons. The maximum Gasteiger partial charge on any atom is 0.327 e. The van der Waals surface area contributed by atoms with Gasteiger partial charge < -0.3 is 10.5 Å². The molecule has 0 aromatic carbocycles. The molecule has 0 saturated heterocycles. The zero-order chi connectivity index (χ0) is 10.6. The minimum absolute atomic E-state index is 0.301. The summed E-state index contributed by atoms with van der Waals surface area (Å²) in [7, 11) is 0. The third-order valence-corrected chi connectivity index (χ3v) is 2.00. The lowest BCUT2D eigenvalue weighted by atomic mass is 10.1. The van der Waals surface area contributed by atoms with Crippen LogP contribution in [0.1, 0.15) is 18.5 Å². The van der Waals surface area contributed by atoms with Crippen LogP contribution in [0.15, 0.2) is 18.5 Å². The molecule has 1 aromatic rings. The summed E-state index contributed by atoms with van der Waals surface area (Å²) in [4.78, 5) is 15.1. The van der Waals surface area contributed by atoms with E-state index in [-0.39, 0.29) is 0 Å². The van der Waals surface area contributed by atoms with E-state index in [1.165, 1.54) is 12.4 Å². The molecule has 2 N–H and O–H groups in total. The number of rotatable bonds is 3. The summed E-state index contributed by atoms with van der Waals surface area (Å²) >= 11 is 5.81. The molecule has 5 heteroatoms. The van der Waals surface area contributed by atoms with E-state index in [1.807, 2.05) is 0 Å². The van der Waals surface area contributed by atoms with Crippen LogP contribution in [0.2, 0.25) is 5.02 Å². The van der Waals surface area contributed by atoms with Gasteiger partial charge in [0.1, 0.15) is 6.04 Å². The number of ether oxygens (including phenoxy) is 1. The first kappa shape index (κ1) is 10.9. The molecule has 14 heavy (non-hydrogen) atoms. The lowest BCUT2D eigenvalue weighted by molar-refractivity contribution is -0.144. The maximum atomic E-state index is 11.3. The fraction of sp³-hybridized carbons (Fsp3) is 0.333. The van der Waals surface area contributed by atoms with Gasteiger partial charge in [0.25, 0.3) is 0 Å². The highest BCUT2D eigenvalue weighted by Crippen LogP contribution is 2.20. The van der Waals surface area contributed by atoms with E-state index in [0.29, 0.717) is 17.2 Å². The number of aromatic nitrogens is 1. The van der Waals surface area contributed by atoms with Crippen LogP contribution < -0.4 is 5.73 Å². The standard InChI is InChI=1S/C9H11ClN2O2/c1-2-14-9(13)8(11)6-3-4-12-5-7(6)10/h3-5,8H,2,11H2,1H3. The molecule has 1 aromatic heterocycles. The van der Waals surface area contributed by atoms with Gasteiger partial charge in [-0.3, -0.25) is 4.98 Å². The number of hydrogen-bond acceptors (Lipinski definition) is 4. The van der Waals surface area contributed by atoms with Crippen molar-refractivity contribution in [2.45, 2.75) is 13.0 Å². The Hall–Kier alpha value is -1.13. The van der Waals surface area contributed by atoms with Gasteiger partial charge in [0.05, 0.1) is 11.6 Å². The van der Waals surface area contributed by atoms with Gasteiger partial charge in [-0.2, -0.15) is 0 Å². The minimum atomic E-state index is -0.842. The molecule has 0 aliphatic heterocycles. The molecule has 76 valence electrons. The van der Waals surface area contributed by atoms with E-state index in [0.717, 1.165) is 0 Å². The lowest BCUT2D eigenvalue weighted by Gasteiger charge is -2.11. The molecule has 0 saturated carbocycles. The van der Waals surface area contributed by atoms with Crippen molar-refractivity contribution in [2.75, 3.05) is 6.61 Å². The second-order valence-corrected chi connectivity index (χ2v) is 3.03. The third-order valence-electron chi connectivity index (χ3n) is 1.68. The van der Waals surface area contributed by atoms with Crippen molar-refractivity contribution in [2.24, 2.45) is 5.73 Å². The van der Waals surface area contributed by atoms with Crippen LogP contribution >= 0.6 is 11.6 Å². The Balaban J connectivity index is 2.84. The Bertz CT molecular complexity index is 330. The first-order valence-corrected chi connectivity index (χ1v) is 4.56. The first-order valence-electron chi connectivity index (χ1n) is 4.18. The zero-order valence-corrected chi connectivity index (χ0v) is 8.49. The van der Waals surface area contributed by atoms with Crippen LogP contribution in [-0.2, 0) is 9.53 Å². The van der Waals surface area contributed by atoms with Gasteiger partial charge in [-0.25, -0.2) is 4.79 Å². The van der Waals surface area contributed by atoms with Crippen molar-refractivity contribution in [3.63, 3.8) is 0 Å². The molecular weight excluding hydrogens is 204 g/mol. The topological polar surface area (TPSA) is 65.2 Å². The van der Waals surface area contributed by atoms with Crippen molar-refractivity contribution in [1.29, 1.82) is 0 Å². The van der Waals surface area contributed by atoms with Crippen molar-refractivity contribution >= 4 is 17.6 Å². The summed E-state index contributed by atoms with van der Waals surface area (Å²) in [6, 6.07) is 0.759. The van der Waals surface area contributed by atoms with Gasteiger partial charge in [-0.1, -0.05) is 11.6 Å². The number of halogens is 1. The summed E-state index contributed by atoms with van der Waals surface area (Å²) < 4.78 is 4.77. The average Bonchev–Trinajstić information content (AvgIpc) is 2.18. The number of carbonyl (C=O) groups excluding carboxylic acids is 1. The van der Waals surface area contributed by atoms with Crippen molar-refractivity contribution in [1.82, 2.24) is 4.98 Å². The maximum absolute atomic E-state index is 11.3. The molecule has 0 aliphatic carbocycles. The van der Waals surface area contributed by atoms with Crippen LogP contribution in [0.3, 0.4) is 0 Å².